The molecule has 0 unspecified atom stereocenters. The van der Waals surface area contributed by atoms with Crippen LogP contribution in [0.4, 0.5) is 11.4 Å². The van der Waals surface area contributed by atoms with E-state index in [1.807, 2.05) is 0 Å². The van der Waals surface area contributed by atoms with Crippen molar-refractivity contribution in [2.75, 3.05) is 16.2 Å². The number of anilines is 2. The highest BCUT2D eigenvalue weighted by Gasteiger charge is 2.36. The molecule has 1 N–H and O–H groups in total. The molecule has 0 bridgehead atoms. The molecule has 1 aliphatic heterocycles. The second kappa shape index (κ2) is 6.44. The van der Waals surface area contributed by atoms with Crippen molar-refractivity contribution in [3.05, 3.63) is 52.0 Å². The standard InChI is InChI=1S/C18H16Cl2N2O3S/c19-13-3-5-15(20)16(10-13)21-26(24,25)14-4-6-17-12(9-14)7-8-22(17)18(23)11-1-2-11/h3-6,9-11,21H,1-2,7-8H2. The third-order valence-electron chi connectivity index (χ3n) is 4.62. The molecule has 2 aromatic rings. The summed E-state index contributed by atoms with van der Waals surface area (Å²) in [4.78, 5) is 14.2. The van der Waals surface area contributed by atoms with Gasteiger partial charge >= 0.3 is 0 Å². The van der Waals surface area contributed by atoms with E-state index < -0.39 is 10.0 Å². The molecule has 0 radical (unpaired) electrons. The van der Waals surface area contributed by atoms with Crippen LogP contribution in [0.15, 0.2) is 41.3 Å². The first-order valence-electron chi connectivity index (χ1n) is 8.27. The largest absolute Gasteiger partial charge is 0.312 e. The predicted molar refractivity (Wildman–Crippen MR) is 102 cm³/mol. The smallest absolute Gasteiger partial charge is 0.261 e. The molecule has 0 spiro atoms. The molecule has 1 heterocycles. The van der Waals surface area contributed by atoms with Crippen molar-refractivity contribution in [3.63, 3.8) is 0 Å². The molecule has 0 aromatic heterocycles. The Hall–Kier alpha value is -1.76. The first-order valence-corrected chi connectivity index (χ1v) is 10.5. The fraction of sp³-hybridized carbons (Fsp3) is 0.278. The zero-order valence-corrected chi connectivity index (χ0v) is 16.0. The number of fused-ring (bicyclic) bond motifs is 1. The number of nitrogens with zero attached hydrogens (tertiary/aromatic N) is 1. The Morgan fingerprint density at radius 2 is 1.88 bits per heavy atom. The Morgan fingerprint density at radius 3 is 2.62 bits per heavy atom. The van der Waals surface area contributed by atoms with Gasteiger partial charge in [0.15, 0.2) is 0 Å². The van der Waals surface area contributed by atoms with Crippen molar-refractivity contribution in [1.29, 1.82) is 0 Å². The van der Waals surface area contributed by atoms with E-state index in [1.54, 1.807) is 23.1 Å². The molecule has 1 fully saturated rings. The summed E-state index contributed by atoms with van der Waals surface area (Å²) >= 11 is 12.0. The van der Waals surface area contributed by atoms with E-state index >= 15 is 0 Å². The number of nitrogens with one attached hydrogen (secondary N) is 1. The number of carbonyl (C=O) groups excluding carboxylic acids is 1. The van der Waals surface area contributed by atoms with E-state index in [0.29, 0.717) is 18.0 Å². The second-order valence-corrected chi connectivity index (χ2v) is 9.06. The third kappa shape index (κ3) is 3.29. The molecule has 1 aliphatic carbocycles. The highest BCUT2D eigenvalue weighted by atomic mass is 35.5. The molecule has 0 atom stereocenters. The minimum absolute atomic E-state index is 0.132. The summed E-state index contributed by atoms with van der Waals surface area (Å²) in [5, 5.41) is 0.649. The van der Waals surface area contributed by atoms with Crippen LogP contribution in [0.25, 0.3) is 0 Å². The molecule has 8 heteroatoms. The summed E-state index contributed by atoms with van der Waals surface area (Å²) in [6, 6.07) is 9.42. The van der Waals surface area contributed by atoms with E-state index in [-0.39, 0.29) is 27.4 Å². The summed E-state index contributed by atoms with van der Waals surface area (Å²) in [6.07, 6.45) is 2.54. The number of rotatable bonds is 4. The molecule has 136 valence electrons. The molecular weight excluding hydrogens is 395 g/mol. The molecule has 4 rings (SSSR count). The topological polar surface area (TPSA) is 66.5 Å². The summed E-state index contributed by atoms with van der Waals surface area (Å²) in [5.74, 6) is 0.277. The van der Waals surface area contributed by atoms with E-state index in [0.717, 1.165) is 24.1 Å². The van der Waals surface area contributed by atoms with E-state index in [2.05, 4.69) is 4.72 Å². The van der Waals surface area contributed by atoms with E-state index in [9.17, 15) is 13.2 Å². The zero-order valence-electron chi connectivity index (χ0n) is 13.7. The molecule has 0 saturated heterocycles. The maximum Gasteiger partial charge on any atom is 0.261 e. The van der Waals surface area contributed by atoms with E-state index in [1.165, 1.54) is 18.2 Å². The number of hydrogen-bond donors (Lipinski definition) is 1. The van der Waals surface area contributed by atoms with Gasteiger partial charge in [0.25, 0.3) is 10.0 Å². The first kappa shape index (κ1) is 17.6. The van der Waals surface area contributed by atoms with Gasteiger partial charge in [-0.15, -0.1) is 0 Å². The molecule has 1 saturated carbocycles. The lowest BCUT2D eigenvalue weighted by molar-refractivity contribution is -0.119. The molecule has 2 aromatic carbocycles. The predicted octanol–water partition coefficient (Wildman–Crippen LogP) is 4.09. The highest BCUT2D eigenvalue weighted by molar-refractivity contribution is 7.92. The van der Waals surface area contributed by atoms with E-state index in [4.69, 9.17) is 23.2 Å². The molecular formula is C18H16Cl2N2O3S. The highest BCUT2D eigenvalue weighted by Crippen LogP contribution is 2.37. The summed E-state index contributed by atoms with van der Waals surface area (Å²) < 4.78 is 27.9. The van der Waals surface area contributed by atoms with Crippen LogP contribution in [0.1, 0.15) is 18.4 Å². The minimum Gasteiger partial charge on any atom is -0.312 e. The number of benzene rings is 2. The number of hydrogen-bond acceptors (Lipinski definition) is 3. The Balaban J connectivity index is 1.62. The zero-order chi connectivity index (χ0) is 18.5. The first-order chi connectivity index (χ1) is 12.3. The maximum atomic E-state index is 12.7. The number of amides is 1. The Bertz CT molecular complexity index is 1000. The van der Waals surface area contributed by atoms with Crippen LogP contribution < -0.4 is 9.62 Å². The Labute approximate surface area is 162 Å². The van der Waals surface area contributed by atoms with Crippen LogP contribution in [-0.2, 0) is 21.2 Å². The van der Waals surface area contributed by atoms with Gasteiger partial charge in [-0.1, -0.05) is 23.2 Å². The van der Waals surface area contributed by atoms with Crippen LogP contribution in [0.2, 0.25) is 10.0 Å². The average Bonchev–Trinajstić information content (AvgIpc) is 3.36. The van der Waals surface area contributed by atoms with Crippen molar-refractivity contribution in [2.45, 2.75) is 24.2 Å². The van der Waals surface area contributed by atoms with Gasteiger partial charge in [-0.05, 0) is 61.2 Å². The van der Waals surface area contributed by atoms with Gasteiger partial charge in [0.1, 0.15) is 0 Å². The third-order valence-corrected chi connectivity index (χ3v) is 6.55. The van der Waals surface area contributed by atoms with Gasteiger partial charge in [-0.3, -0.25) is 9.52 Å². The maximum absolute atomic E-state index is 12.7. The SMILES string of the molecule is O=C(C1CC1)N1CCc2cc(S(=O)(=O)Nc3cc(Cl)ccc3Cl)ccc21. The number of carbonyl (C=O) groups is 1. The molecule has 26 heavy (non-hydrogen) atoms. The van der Waals surface area contributed by atoms with Crippen LogP contribution in [0, 0.1) is 5.92 Å². The van der Waals surface area contributed by atoms with Crippen molar-refractivity contribution >= 4 is 50.5 Å². The summed E-state index contributed by atoms with van der Waals surface area (Å²) in [5.41, 5.74) is 1.89. The van der Waals surface area contributed by atoms with Crippen LogP contribution >= 0.6 is 23.2 Å². The quantitative estimate of drug-likeness (QED) is 0.824. The van der Waals surface area contributed by atoms with Crippen LogP contribution in [0.3, 0.4) is 0 Å². The number of halogens is 2. The molecule has 2 aliphatic rings. The van der Waals surface area contributed by atoms with Gasteiger partial charge in [-0.25, -0.2) is 8.42 Å². The monoisotopic (exact) mass is 410 g/mol. The fourth-order valence-corrected chi connectivity index (χ4v) is 4.62. The molecule has 5 nitrogen and oxygen atoms in total. The normalized spacial score (nSPS) is 16.5. The lowest BCUT2D eigenvalue weighted by atomic mass is 10.2. The van der Waals surface area contributed by atoms with Gasteiger partial charge in [0.05, 0.1) is 15.6 Å². The summed E-state index contributed by atoms with van der Waals surface area (Å²) in [7, 11) is -3.81. The van der Waals surface area contributed by atoms with Crippen LogP contribution in [-0.4, -0.2) is 20.9 Å². The fourth-order valence-electron chi connectivity index (χ4n) is 3.10. The second-order valence-electron chi connectivity index (χ2n) is 6.53. The lowest BCUT2D eigenvalue weighted by Crippen LogP contribution is -2.30. The number of sulfonamides is 1. The minimum atomic E-state index is -3.81. The lowest BCUT2D eigenvalue weighted by Gasteiger charge is -2.17. The van der Waals surface area contributed by atoms with Gasteiger partial charge in [0.2, 0.25) is 5.91 Å². The van der Waals surface area contributed by atoms with Crippen molar-refractivity contribution in [2.24, 2.45) is 5.92 Å². The average molecular weight is 411 g/mol. The Kier molecular flexibility index (Phi) is 4.37. The molecule has 1 amide bonds. The summed E-state index contributed by atoms with van der Waals surface area (Å²) in [6.45, 7) is 0.599. The Morgan fingerprint density at radius 1 is 1.12 bits per heavy atom. The van der Waals surface area contributed by atoms with Gasteiger partial charge in [-0.2, -0.15) is 0 Å². The van der Waals surface area contributed by atoms with Gasteiger partial charge in [0, 0.05) is 23.2 Å². The van der Waals surface area contributed by atoms with Crippen molar-refractivity contribution in [3.8, 4) is 0 Å². The van der Waals surface area contributed by atoms with Crippen LogP contribution in [0.5, 0.6) is 0 Å². The van der Waals surface area contributed by atoms with Crippen molar-refractivity contribution < 1.29 is 13.2 Å². The van der Waals surface area contributed by atoms with Gasteiger partial charge < -0.3 is 4.90 Å². The van der Waals surface area contributed by atoms with Crippen molar-refractivity contribution in [1.82, 2.24) is 0 Å².